The number of nitrogens with two attached hydrogens (primary N) is 1. The summed E-state index contributed by atoms with van der Waals surface area (Å²) in [5, 5.41) is 4.45. The summed E-state index contributed by atoms with van der Waals surface area (Å²) in [5.74, 6) is 0.908. The van der Waals surface area contributed by atoms with E-state index in [1.54, 1.807) is 0 Å². The molecule has 2 heterocycles. The Bertz CT molecular complexity index is 3340. The average Bonchev–Trinajstić information content (AvgIpc) is 3.82. The van der Waals surface area contributed by atoms with E-state index < -0.39 is 0 Å². The van der Waals surface area contributed by atoms with E-state index >= 15 is 0 Å². The number of hydrogen-bond acceptors (Lipinski definition) is 1. The van der Waals surface area contributed by atoms with Gasteiger partial charge in [0.1, 0.15) is 51.7 Å². The molecule has 0 unspecified atom stereocenters. The Hall–Kier alpha value is -7.18. The summed E-state index contributed by atoms with van der Waals surface area (Å²) in [6.07, 6.45) is 0. The third-order valence-electron chi connectivity index (χ3n) is 11.6. The monoisotopic (exact) mass is 769 g/mol. The zero-order valence-corrected chi connectivity index (χ0v) is 33.1. The Morgan fingerprint density at radius 3 is 1.61 bits per heavy atom. The lowest BCUT2D eigenvalue weighted by molar-refractivity contribution is 0.792. The van der Waals surface area contributed by atoms with Crippen molar-refractivity contribution in [2.45, 2.75) is 6.67 Å². The molecule has 10 aromatic rings. The summed E-state index contributed by atoms with van der Waals surface area (Å²) >= 11 is 0. The first-order valence-electron chi connectivity index (χ1n) is 19.9. The minimum absolute atomic E-state index is 0.184. The molecule has 0 aliphatic rings. The number of aromatic nitrogens is 2. The predicted molar refractivity (Wildman–Crippen MR) is 262 cm³/mol. The Morgan fingerprint density at radius 1 is 0.443 bits per heavy atom. The molecule has 10 rings (SSSR count). The molecule has 276 valence electrons. The molecule has 0 bridgehead atoms. The summed E-state index contributed by atoms with van der Waals surface area (Å²) in [7, 11) is 31.6. The quantitative estimate of drug-likeness (QED) is 0.121. The highest BCUT2D eigenvalue weighted by molar-refractivity contribution is 6.68. The van der Waals surface area contributed by atoms with E-state index in [0.29, 0.717) is 28.2 Å². The fraction of sp³-hybridized carbons (Fsp3) is 0.0196. The Labute approximate surface area is 360 Å². The predicted octanol–water partition coefficient (Wildman–Crippen LogP) is 6.00. The topological polar surface area (TPSA) is 60.6 Å². The van der Waals surface area contributed by atoms with Crippen molar-refractivity contribution in [3.63, 3.8) is 0 Å². The molecule has 0 aliphatic heterocycles. The molecule has 0 spiro atoms. The normalized spacial score (nSPS) is 12.3. The maximum atomic E-state index is 6.70. The summed E-state index contributed by atoms with van der Waals surface area (Å²) in [6.45, 7) is 0.267. The highest BCUT2D eigenvalue weighted by atomic mass is 15.1. The largest absolute Gasteiger partial charge is 0.383 e. The van der Waals surface area contributed by atoms with Crippen LogP contribution in [-0.2, 0) is 6.67 Å². The van der Waals surface area contributed by atoms with Crippen LogP contribution < -0.4 is 33.0 Å². The molecule has 10 radical (unpaired) electrons. The number of nitrogens with zero attached hydrogens (tertiary/aromatic N) is 4. The van der Waals surface area contributed by atoms with Crippen LogP contribution in [0.5, 0.6) is 0 Å². The van der Waals surface area contributed by atoms with E-state index in [1.807, 2.05) is 60.7 Å². The number of rotatable bonds is 7. The molecule has 0 fully saturated rings. The summed E-state index contributed by atoms with van der Waals surface area (Å²) < 4.78 is 4.59. The first-order chi connectivity index (χ1) is 29.8. The van der Waals surface area contributed by atoms with Gasteiger partial charge in [0.25, 0.3) is 0 Å². The highest BCUT2D eigenvalue weighted by Crippen LogP contribution is 2.40. The van der Waals surface area contributed by atoms with Crippen molar-refractivity contribution in [1.82, 2.24) is 9.13 Å². The fourth-order valence-corrected chi connectivity index (χ4v) is 8.50. The summed E-state index contributed by atoms with van der Waals surface area (Å²) in [5.41, 5.74) is 18.2. The van der Waals surface area contributed by atoms with Gasteiger partial charge in [0.2, 0.25) is 0 Å². The van der Waals surface area contributed by atoms with Crippen LogP contribution in [0.1, 0.15) is 11.1 Å². The molecule has 10 heteroatoms. The molecule has 2 N–H and O–H groups in total. The van der Waals surface area contributed by atoms with Crippen molar-refractivity contribution in [2.24, 2.45) is 15.7 Å². The average molecular weight is 769 g/mol. The minimum Gasteiger partial charge on any atom is -0.383 e. The van der Waals surface area contributed by atoms with Crippen molar-refractivity contribution >= 4 is 122 Å². The Balaban J connectivity index is 1.18. The summed E-state index contributed by atoms with van der Waals surface area (Å²) in [4.78, 5) is 10.3. The number of hydrogen-bond donors (Lipinski definition) is 1. The maximum Gasteiger partial charge on any atom is 0.158 e. The molecule has 0 atom stereocenters. The van der Waals surface area contributed by atoms with Crippen molar-refractivity contribution in [3.8, 4) is 27.9 Å². The SMILES string of the molecule is [B]c1c([B])c([B])c(-c2ccc(-n3c4ccccc4c4ccc5c6ccccc6n(CN=C(N=C(N)c6ccccc6)c6ccc(-c7ccccc7)cc6)c5c43)cc2)c([B])c1[B]. The smallest absolute Gasteiger partial charge is 0.158 e. The second-order valence-corrected chi connectivity index (χ2v) is 15.1. The van der Waals surface area contributed by atoms with Crippen molar-refractivity contribution in [2.75, 3.05) is 0 Å². The Kier molecular flexibility index (Phi) is 9.64. The Morgan fingerprint density at radius 2 is 0.951 bits per heavy atom. The zero-order chi connectivity index (χ0) is 41.8. The highest BCUT2D eigenvalue weighted by Gasteiger charge is 2.21. The van der Waals surface area contributed by atoms with Gasteiger partial charge < -0.3 is 14.9 Å². The lowest BCUT2D eigenvalue weighted by Crippen LogP contribution is -2.55. The van der Waals surface area contributed by atoms with Gasteiger partial charge in [-0.2, -0.15) is 0 Å². The van der Waals surface area contributed by atoms with E-state index in [9.17, 15) is 0 Å². The second kappa shape index (κ2) is 15.5. The maximum absolute atomic E-state index is 6.70. The van der Waals surface area contributed by atoms with Crippen LogP contribution in [0.3, 0.4) is 0 Å². The lowest BCUT2D eigenvalue weighted by Gasteiger charge is -2.21. The van der Waals surface area contributed by atoms with Crippen LogP contribution in [0.2, 0.25) is 0 Å². The third kappa shape index (κ3) is 6.51. The molecule has 0 aliphatic carbocycles. The van der Waals surface area contributed by atoms with Gasteiger partial charge in [0.15, 0.2) is 5.84 Å². The number of fused-ring (bicyclic) bond motifs is 7. The van der Waals surface area contributed by atoms with Crippen molar-refractivity contribution in [3.05, 3.63) is 181 Å². The van der Waals surface area contributed by atoms with Gasteiger partial charge in [-0.1, -0.05) is 157 Å². The van der Waals surface area contributed by atoms with Gasteiger partial charge in [-0.05, 0) is 46.5 Å². The number of amidine groups is 2. The van der Waals surface area contributed by atoms with Crippen LogP contribution in [-0.4, -0.2) is 60.0 Å². The molecule has 0 saturated heterocycles. The second-order valence-electron chi connectivity index (χ2n) is 15.1. The number of para-hydroxylation sites is 2. The van der Waals surface area contributed by atoms with E-state index in [0.717, 1.165) is 77.1 Å². The van der Waals surface area contributed by atoms with Crippen molar-refractivity contribution < 1.29 is 0 Å². The lowest BCUT2D eigenvalue weighted by atomic mass is 9.60. The van der Waals surface area contributed by atoms with Crippen LogP contribution in [0.25, 0.3) is 71.6 Å². The minimum atomic E-state index is 0.184. The molecule has 5 nitrogen and oxygen atoms in total. The first kappa shape index (κ1) is 38.1. The van der Waals surface area contributed by atoms with Gasteiger partial charge in [-0.15, -0.1) is 16.4 Å². The number of aliphatic imine (C=N–C) groups is 2. The van der Waals surface area contributed by atoms with Crippen LogP contribution in [0.4, 0.5) is 0 Å². The van der Waals surface area contributed by atoms with Gasteiger partial charge in [0, 0.05) is 38.4 Å². The molecule has 0 amide bonds. The molecule has 61 heavy (non-hydrogen) atoms. The van der Waals surface area contributed by atoms with Crippen LogP contribution in [0, 0.1) is 0 Å². The molecule has 0 saturated carbocycles. The van der Waals surface area contributed by atoms with Crippen molar-refractivity contribution in [1.29, 1.82) is 0 Å². The molecular formula is C51H32B5N5. The molecular weight excluding hydrogens is 737 g/mol. The van der Waals surface area contributed by atoms with Crippen LogP contribution >= 0.6 is 0 Å². The molecule has 8 aromatic carbocycles. The van der Waals surface area contributed by atoms with E-state index in [-0.39, 0.29) is 23.1 Å². The van der Waals surface area contributed by atoms with Crippen LogP contribution in [0.15, 0.2) is 180 Å². The van der Waals surface area contributed by atoms with Gasteiger partial charge in [0.05, 0.1) is 22.1 Å². The van der Waals surface area contributed by atoms with Gasteiger partial charge in [-0.3, -0.25) is 0 Å². The molecule has 2 aromatic heterocycles. The van der Waals surface area contributed by atoms with E-state index in [2.05, 4.69) is 118 Å². The first-order valence-corrected chi connectivity index (χ1v) is 19.9. The van der Waals surface area contributed by atoms with E-state index in [1.165, 1.54) is 0 Å². The summed E-state index contributed by atoms with van der Waals surface area (Å²) in [6, 6.07) is 57.8. The fourth-order valence-electron chi connectivity index (χ4n) is 8.50. The van der Waals surface area contributed by atoms with E-state index in [4.69, 9.17) is 54.9 Å². The zero-order valence-electron chi connectivity index (χ0n) is 33.1. The third-order valence-corrected chi connectivity index (χ3v) is 11.6. The number of benzene rings is 8. The van der Waals surface area contributed by atoms with Gasteiger partial charge >= 0.3 is 0 Å². The standard InChI is InChI=1S/C51H32B5N5/c52-43-42(44(53)46(55)47(56)45(43)54)32-23-25-35(26-24-32)61-41-18-10-8-16-37(41)39-28-27-38-36-15-7-9-17-40(36)60(48(38)49(39)61)29-58-51(59-50(57)33-13-5-2-6-14-33)34-21-19-31(20-22-34)30-11-3-1-4-12-30/h1-28H,29H2,(H2,57,58,59). The van der Waals surface area contributed by atoms with Gasteiger partial charge in [-0.25, -0.2) is 9.98 Å².